The van der Waals surface area contributed by atoms with Crippen molar-refractivity contribution in [2.24, 2.45) is 0 Å². The van der Waals surface area contributed by atoms with Crippen LogP contribution in [0.5, 0.6) is 0 Å². The Morgan fingerprint density at radius 2 is 1.17 bits per heavy atom. The molecule has 0 fully saturated rings. The average Bonchev–Trinajstić information content (AvgIpc) is 1.97. The number of unbranched alkanes of at least 4 members (excludes halogenated alkanes) is 5. The predicted octanol–water partition coefficient (Wildman–Crippen LogP) is 4.95. The number of rotatable bonds is 5. The minimum absolute atomic E-state index is 0.889. The Kier molecular flexibility index (Phi) is 17.0. The van der Waals surface area contributed by atoms with Gasteiger partial charge in [0, 0.05) is 0 Å². The number of carbonyl (C=O) groups is 1. The van der Waals surface area contributed by atoms with Crippen molar-refractivity contribution >= 4 is 27.9 Å². The van der Waals surface area contributed by atoms with Crippen LogP contribution in [-0.2, 0) is 0 Å². The molecule has 3 heteroatoms. The first-order chi connectivity index (χ1) is 5.65. The van der Waals surface area contributed by atoms with E-state index in [9.17, 15) is 0 Å². The molecule has 0 saturated heterocycles. The molecular weight excluding hydrogens is 195 g/mol. The van der Waals surface area contributed by atoms with E-state index in [1.54, 1.807) is 0 Å². The number of hydrogen-bond acceptors (Lipinski definition) is 1. The van der Waals surface area contributed by atoms with Crippen LogP contribution in [0.15, 0.2) is 0 Å². The third-order valence-electron chi connectivity index (χ3n) is 1.46. The third-order valence-corrected chi connectivity index (χ3v) is 1.46. The van der Waals surface area contributed by atoms with Crippen LogP contribution in [0.25, 0.3) is 0 Å². The molecule has 0 N–H and O–H groups in total. The first-order valence-electron chi connectivity index (χ1n) is 4.50. The molecule has 0 aromatic heterocycles. The van der Waals surface area contributed by atoms with Crippen LogP contribution in [0, 0.1) is 0 Å². The smallest absolute Gasteiger partial charge is 0.262 e. The second kappa shape index (κ2) is 13.8. The van der Waals surface area contributed by atoms with Crippen molar-refractivity contribution in [3.63, 3.8) is 0 Å². The maximum absolute atomic E-state index is 8.98. The van der Waals surface area contributed by atoms with Crippen molar-refractivity contribution in [2.45, 2.75) is 52.4 Å². The largest absolute Gasteiger partial charge is 0.313 e. The van der Waals surface area contributed by atoms with E-state index in [0.29, 0.717) is 0 Å². The van der Waals surface area contributed by atoms with E-state index in [4.69, 9.17) is 4.79 Å². The summed E-state index contributed by atoms with van der Waals surface area (Å²) in [5.41, 5.74) is 0. The van der Waals surface area contributed by atoms with Gasteiger partial charge < -0.3 is 0 Å². The Balaban J connectivity index is 0. The molecule has 0 aromatic rings. The maximum atomic E-state index is 8.98. The highest BCUT2D eigenvalue weighted by Gasteiger charge is 1.83. The molecule has 0 aliphatic carbocycles. The summed E-state index contributed by atoms with van der Waals surface area (Å²) in [6, 6.07) is 0. The van der Waals surface area contributed by atoms with Gasteiger partial charge in [0.05, 0.1) is 0 Å². The molecule has 0 saturated carbocycles. The Hall–Kier alpha value is 0.250. The molecule has 0 radical (unpaired) electrons. The standard InChI is InChI=1S/C8H18.CCl2O/c1-3-5-7-8-6-4-2;2-1(3)4/h3-8H2,1-2H3;. The minimum Gasteiger partial charge on any atom is -0.262 e. The van der Waals surface area contributed by atoms with Gasteiger partial charge in [-0.05, 0) is 23.2 Å². The van der Waals surface area contributed by atoms with Crippen LogP contribution < -0.4 is 0 Å². The first-order valence-corrected chi connectivity index (χ1v) is 5.25. The van der Waals surface area contributed by atoms with Crippen molar-refractivity contribution in [1.82, 2.24) is 0 Å². The topological polar surface area (TPSA) is 17.1 Å². The summed E-state index contributed by atoms with van der Waals surface area (Å²) in [4.78, 5) is 8.98. The fraction of sp³-hybridized carbons (Fsp3) is 0.889. The van der Waals surface area contributed by atoms with Gasteiger partial charge in [-0.2, -0.15) is 0 Å². The van der Waals surface area contributed by atoms with E-state index >= 15 is 0 Å². The Morgan fingerprint density at radius 1 is 0.917 bits per heavy atom. The molecule has 1 nitrogen and oxygen atoms in total. The van der Waals surface area contributed by atoms with Crippen molar-refractivity contribution in [2.75, 3.05) is 0 Å². The first kappa shape index (κ1) is 14.8. The van der Waals surface area contributed by atoms with Crippen LogP contribution in [0.1, 0.15) is 52.4 Å². The monoisotopic (exact) mass is 212 g/mol. The lowest BCUT2D eigenvalue weighted by Crippen LogP contribution is -1.73. The zero-order valence-electron chi connectivity index (χ0n) is 7.91. The number of carbonyl (C=O) groups excluding carboxylic acids is 1. The lowest BCUT2D eigenvalue weighted by atomic mass is 10.1. The predicted molar refractivity (Wildman–Crippen MR) is 56.2 cm³/mol. The minimum atomic E-state index is -0.889. The summed E-state index contributed by atoms with van der Waals surface area (Å²) in [6.45, 7) is 4.51. The second-order valence-electron chi connectivity index (χ2n) is 2.64. The molecule has 0 atom stereocenters. The van der Waals surface area contributed by atoms with Crippen LogP contribution in [0.3, 0.4) is 0 Å². The molecule has 0 aromatic carbocycles. The number of halogens is 2. The summed E-state index contributed by atoms with van der Waals surface area (Å²) in [5.74, 6) is 0. The lowest BCUT2D eigenvalue weighted by Gasteiger charge is -1.93. The molecule has 12 heavy (non-hydrogen) atoms. The summed E-state index contributed by atoms with van der Waals surface area (Å²) in [7, 11) is 0. The van der Waals surface area contributed by atoms with Crippen LogP contribution in [-0.4, -0.2) is 4.70 Å². The fourth-order valence-corrected chi connectivity index (χ4v) is 0.854. The molecule has 0 amide bonds. The Bertz CT molecular complexity index is 84.5. The van der Waals surface area contributed by atoms with Gasteiger partial charge in [0.25, 0.3) is 0 Å². The molecular formula is C9H18Cl2O. The quantitative estimate of drug-likeness (QED) is 0.466. The second-order valence-corrected chi connectivity index (χ2v) is 3.52. The molecule has 0 rings (SSSR count). The average molecular weight is 213 g/mol. The highest BCUT2D eigenvalue weighted by molar-refractivity contribution is 6.93. The van der Waals surface area contributed by atoms with Gasteiger partial charge in [-0.1, -0.05) is 52.4 Å². The number of hydrogen-bond donors (Lipinski definition) is 0. The molecule has 0 aliphatic heterocycles. The van der Waals surface area contributed by atoms with E-state index in [2.05, 4.69) is 37.0 Å². The summed E-state index contributed by atoms with van der Waals surface area (Å²) in [5, 5.41) is 0. The van der Waals surface area contributed by atoms with Gasteiger partial charge in [0.1, 0.15) is 0 Å². The van der Waals surface area contributed by atoms with Crippen LogP contribution in [0.4, 0.5) is 4.79 Å². The zero-order valence-corrected chi connectivity index (χ0v) is 9.42. The van der Waals surface area contributed by atoms with E-state index in [-0.39, 0.29) is 0 Å². The van der Waals surface area contributed by atoms with Crippen LogP contribution >= 0.6 is 23.2 Å². The van der Waals surface area contributed by atoms with Crippen molar-refractivity contribution < 1.29 is 4.79 Å². The van der Waals surface area contributed by atoms with Gasteiger partial charge >= 0.3 is 4.70 Å². The van der Waals surface area contributed by atoms with Crippen molar-refractivity contribution in [3.05, 3.63) is 0 Å². The van der Waals surface area contributed by atoms with Crippen LogP contribution in [0.2, 0.25) is 0 Å². The molecule has 0 aliphatic rings. The third kappa shape index (κ3) is 31.8. The Morgan fingerprint density at radius 3 is 1.33 bits per heavy atom. The van der Waals surface area contributed by atoms with Gasteiger partial charge in [-0.3, -0.25) is 4.79 Å². The molecule has 0 spiro atoms. The molecule has 74 valence electrons. The highest BCUT2D eigenvalue weighted by atomic mass is 35.5. The SMILES string of the molecule is CCCCCCCC.O=C(Cl)Cl. The van der Waals surface area contributed by atoms with Gasteiger partial charge in [-0.25, -0.2) is 0 Å². The van der Waals surface area contributed by atoms with E-state index in [0.717, 1.165) is 0 Å². The fourth-order valence-electron chi connectivity index (χ4n) is 0.854. The maximum Gasteiger partial charge on any atom is 0.313 e. The molecule has 0 heterocycles. The van der Waals surface area contributed by atoms with E-state index < -0.39 is 4.70 Å². The van der Waals surface area contributed by atoms with Gasteiger partial charge in [-0.15, -0.1) is 0 Å². The van der Waals surface area contributed by atoms with Crippen molar-refractivity contribution in [3.8, 4) is 0 Å². The zero-order chi connectivity index (χ0) is 9.82. The van der Waals surface area contributed by atoms with Gasteiger partial charge in [0.15, 0.2) is 0 Å². The highest BCUT2D eigenvalue weighted by Crippen LogP contribution is 2.03. The van der Waals surface area contributed by atoms with E-state index in [1.165, 1.54) is 38.5 Å². The normalized spacial score (nSPS) is 8.67. The van der Waals surface area contributed by atoms with E-state index in [1.807, 2.05) is 0 Å². The molecule has 0 unspecified atom stereocenters. The molecule has 0 bridgehead atoms. The summed E-state index contributed by atoms with van der Waals surface area (Å²) >= 11 is 8.80. The Labute approximate surface area is 85.4 Å². The lowest BCUT2D eigenvalue weighted by molar-refractivity contribution is 0.275. The summed E-state index contributed by atoms with van der Waals surface area (Å²) in [6.07, 6.45) is 8.49. The summed E-state index contributed by atoms with van der Waals surface area (Å²) < 4.78 is -0.889. The van der Waals surface area contributed by atoms with Crippen molar-refractivity contribution in [1.29, 1.82) is 0 Å². The van der Waals surface area contributed by atoms with Gasteiger partial charge in [0.2, 0.25) is 0 Å².